The van der Waals surface area contributed by atoms with E-state index in [9.17, 15) is 5.11 Å². The highest BCUT2D eigenvalue weighted by molar-refractivity contribution is 6.35. The number of ether oxygens (including phenoxy) is 2. The minimum Gasteiger partial charge on any atom is -0.506 e. The topological polar surface area (TPSA) is 50.7 Å². The number of phenols is 1. The third-order valence-electron chi connectivity index (χ3n) is 2.94. The van der Waals surface area contributed by atoms with Gasteiger partial charge in [-0.15, -0.1) is 0 Å². The van der Waals surface area contributed by atoms with Crippen molar-refractivity contribution in [3.63, 3.8) is 0 Å². The summed E-state index contributed by atoms with van der Waals surface area (Å²) in [5.74, 6) is 1.36. The van der Waals surface area contributed by atoms with E-state index in [0.717, 1.165) is 5.69 Å². The Balaban J connectivity index is 2.20. The lowest BCUT2D eigenvalue weighted by atomic mass is 10.2. The molecule has 0 aliphatic heterocycles. The molecule has 0 atom stereocenters. The van der Waals surface area contributed by atoms with Crippen molar-refractivity contribution in [3.05, 3.63) is 45.9 Å². The molecule has 4 nitrogen and oxygen atoms in total. The Morgan fingerprint density at radius 3 is 2.19 bits per heavy atom. The first-order chi connectivity index (χ1) is 10.0. The van der Waals surface area contributed by atoms with Crippen LogP contribution in [0.3, 0.4) is 0 Å². The Bertz CT molecular complexity index is 625. The predicted octanol–water partition coefficient (Wildman–Crippen LogP) is 4.33. The van der Waals surface area contributed by atoms with Gasteiger partial charge in [0.05, 0.1) is 19.2 Å². The summed E-state index contributed by atoms with van der Waals surface area (Å²) in [6, 6.07) is 8.58. The SMILES string of the molecule is COc1cc(NCc2cc(Cl)cc(Cl)c2O)cc(OC)c1. The van der Waals surface area contributed by atoms with Crippen LogP contribution in [0, 0.1) is 0 Å². The molecule has 0 spiro atoms. The highest BCUT2D eigenvalue weighted by atomic mass is 35.5. The molecule has 2 N–H and O–H groups in total. The van der Waals surface area contributed by atoms with Crippen molar-refractivity contribution >= 4 is 28.9 Å². The molecule has 0 aromatic heterocycles. The third kappa shape index (κ3) is 3.86. The highest BCUT2D eigenvalue weighted by Gasteiger charge is 2.08. The fourth-order valence-corrected chi connectivity index (χ4v) is 2.40. The van der Waals surface area contributed by atoms with Crippen LogP contribution in [0.2, 0.25) is 10.0 Å². The number of halogens is 2. The standard InChI is InChI=1S/C15H15Cl2NO3/c1-20-12-5-11(6-13(7-12)21-2)18-8-9-3-10(16)4-14(17)15(9)19/h3-7,18-19H,8H2,1-2H3. The quantitative estimate of drug-likeness (QED) is 0.858. The number of methoxy groups -OCH3 is 2. The molecule has 2 aromatic rings. The summed E-state index contributed by atoms with van der Waals surface area (Å²) in [7, 11) is 3.17. The van der Waals surface area contributed by atoms with Crippen LogP contribution in [0.25, 0.3) is 0 Å². The molecule has 0 bridgehead atoms. The van der Waals surface area contributed by atoms with E-state index in [1.165, 1.54) is 6.07 Å². The van der Waals surface area contributed by atoms with Gasteiger partial charge >= 0.3 is 0 Å². The molecule has 0 fully saturated rings. The molecule has 2 rings (SSSR count). The van der Waals surface area contributed by atoms with Crippen LogP contribution in [0.5, 0.6) is 17.2 Å². The molecule has 2 aromatic carbocycles. The van der Waals surface area contributed by atoms with Crippen LogP contribution in [-0.2, 0) is 6.54 Å². The Morgan fingerprint density at radius 1 is 1.00 bits per heavy atom. The first-order valence-corrected chi connectivity index (χ1v) is 6.93. The predicted molar refractivity (Wildman–Crippen MR) is 85.0 cm³/mol. The molecule has 112 valence electrons. The second kappa shape index (κ2) is 6.78. The van der Waals surface area contributed by atoms with Gasteiger partial charge in [-0.3, -0.25) is 0 Å². The van der Waals surface area contributed by atoms with Crippen LogP contribution in [-0.4, -0.2) is 19.3 Å². The number of benzene rings is 2. The monoisotopic (exact) mass is 327 g/mol. The number of hydrogen-bond donors (Lipinski definition) is 2. The molecule has 0 saturated carbocycles. The molecule has 0 saturated heterocycles. The maximum Gasteiger partial charge on any atom is 0.139 e. The number of hydrogen-bond acceptors (Lipinski definition) is 4. The van der Waals surface area contributed by atoms with Crippen LogP contribution < -0.4 is 14.8 Å². The largest absolute Gasteiger partial charge is 0.506 e. The number of rotatable bonds is 5. The van der Waals surface area contributed by atoms with E-state index in [1.807, 2.05) is 12.1 Å². The van der Waals surface area contributed by atoms with Crippen molar-refractivity contribution in [2.75, 3.05) is 19.5 Å². The summed E-state index contributed by atoms with van der Waals surface area (Å²) >= 11 is 11.8. The summed E-state index contributed by atoms with van der Waals surface area (Å²) < 4.78 is 10.4. The first kappa shape index (κ1) is 15.6. The van der Waals surface area contributed by atoms with E-state index in [0.29, 0.717) is 28.6 Å². The summed E-state index contributed by atoms with van der Waals surface area (Å²) in [6.07, 6.45) is 0. The van der Waals surface area contributed by atoms with Crippen molar-refractivity contribution < 1.29 is 14.6 Å². The third-order valence-corrected chi connectivity index (χ3v) is 3.45. The molecule has 0 radical (unpaired) electrons. The fraction of sp³-hybridized carbons (Fsp3) is 0.200. The number of aromatic hydroxyl groups is 1. The van der Waals surface area contributed by atoms with Gasteiger partial charge in [-0.1, -0.05) is 23.2 Å². The second-order valence-electron chi connectivity index (χ2n) is 4.35. The zero-order chi connectivity index (χ0) is 15.4. The molecular weight excluding hydrogens is 313 g/mol. The normalized spacial score (nSPS) is 10.3. The van der Waals surface area contributed by atoms with E-state index >= 15 is 0 Å². The van der Waals surface area contributed by atoms with Gasteiger partial charge in [0.25, 0.3) is 0 Å². The molecule has 21 heavy (non-hydrogen) atoms. The lowest BCUT2D eigenvalue weighted by molar-refractivity contribution is 0.394. The summed E-state index contributed by atoms with van der Waals surface area (Å²) in [6.45, 7) is 0.364. The van der Waals surface area contributed by atoms with Crippen LogP contribution in [0.1, 0.15) is 5.56 Å². The minimum atomic E-state index is 0.0171. The van der Waals surface area contributed by atoms with E-state index in [4.69, 9.17) is 32.7 Å². The number of nitrogens with one attached hydrogen (secondary N) is 1. The van der Waals surface area contributed by atoms with Crippen LogP contribution in [0.15, 0.2) is 30.3 Å². The van der Waals surface area contributed by atoms with Crippen molar-refractivity contribution in [1.82, 2.24) is 0 Å². The lowest BCUT2D eigenvalue weighted by Crippen LogP contribution is -2.01. The molecule has 0 unspecified atom stereocenters. The smallest absolute Gasteiger partial charge is 0.139 e. The molecule has 0 amide bonds. The summed E-state index contributed by atoms with van der Waals surface area (Å²) in [5.41, 5.74) is 1.40. The average molecular weight is 328 g/mol. The zero-order valence-electron chi connectivity index (χ0n) is 11.6. The van der Waals surface area contributed by atoms with Gasteiger partial charge in [0.2, 0.25) is 0 Å². The molecular formula is C15H15Cl2NO3. The van der Waals surface area contributed by atoms with Gasteiger partial charge in [-0.05, 0) is 12.1 Å². The van der Waals surface area contributed by atoms with E-state index in [-0.39, 0.29) is 10.8 Å². The first-order valence-electron chi connectivity index (χ1n) is 6.17. The van der Waals surface area contributed by atoms with Gasteiger partial charge in [0, 0.05) is 41.0 Å². The molecule has 0 aliphatic carbocycles. The van der Waals surface area contributed by atoms with E-state index < -0.39 is 0 Å². The van der Waals surface area contributed by atoms with Crippen LogP contribution in [0.4, 0.5) is 5.69 Å². The lowest BCUT2D eigenvalue weighted by Gasteiger charge is -2.12. The summed E-state index contributed by atoms with van der Waals surface area (Å²) in [5, 5.41) is 13.8. The van der Waals surface area contributed by atoms with E-state index in [1.54, 1.807) is 26.4 Å². The number of phenolic OH excluding ortho intramolecular Hbond substituents is 1. The van der Waals surface area contributed by atoms with Gasteiger partial charge in [-0.25, -0.2) is 0 Å². The van der Waals surface area contributed by atoms with Crippen LogP contribution >= 0.6 is 23.2 Å². The maximum atomic E-state index is 9.92. The molecule has 6 heteroatoms. The number of anilines is 1. The molecule has 0 aliphatic rings. The fourth-order valence-electron chi connectivity index (χ4n) is 1.86. The van der Waals surface area contributed by atoms with Gasteiger partial charge < -0.3 is 19.9 Å². The Labute approximate surface area is 133 Å². The maximum absolute atomic E-state index is 9.92. The Hall–Kier alpha value is -1.78. The van der Waals surface area contributed by atoms with E-state index in [2.05, 4.69) is 5.32 Å². The molecule has 0 heterocycles. The van der Waals surface area contributed by atoms with Crippen molar-refractivity contribution in [3.8, 4) is 17.2 Å². The Morgan fingerprint density at radius 2 is 1.62 bits per heavy atom. The van der Waals surface area contributed by atoms with Gasteiger partial charge in [0.1, 0.15) is 17.2 Å². The minimum absolute atomic E-state index is 0.0171. The van der Waals surface area contributed by atoms with Gasteiger partial charge in [0.15, 0.2) is 0 Å². The van der Waals surface area contributed by atoms with Crippen molar-refractivity contribution in [2.45, 2.75) is 6.54 Å². The van der Waals surface area contributed by atoms with Crippen molar-refractivity contribution in [2.24, 2.45) is 0 Å². The average Bonchev–Trinajstić information content (AvgIpc) is 2.48. The second-order valence-corrected chi connectivity index (χ2v) is 5.19. The van der Waals surface area contributed by atoms with Crippen molar-refractivity contribution in [1.29, 1.82) is 0 Å². The summed E-state index contributed by atoms with van der Waals surface area (Å²) in [4.78, 5) is 0. The highest BCUT2D eigenvalue weighted by Crippen LogP contribution is 2.32. The zero-order valence-corrected chi connectivity index (χ0v) is 13.1. The van der Waals surface area contributed by atoms with Gasteiger partial charge in [-0.2, -0.15) is 0 Å². The Kier molecular flexibility index (Phi) is 5.04.